The second-order valence-electron chi connectivity index (χ2n) is 7.56. The Morgan fingerprint density at radius 1 is 1.08 bits per heavy atom. The molecule has 0 aromatic heterocycles. The Hall–Kier alpha value is -2.81. The van der Waals surface area contributed by atoms with E-state index in [2.05, 4.69) is 59.2 Å². The van der Waals surface area contributed by atoms with E-state index in [4.69, 9.17) is 0 Å². The van der Waals surface area contributed by atoms with Crippen LogP contribution in [0.15, 0.2) is 54.6 Å². The number of rotatable bonds is 3. The molecule has 0 radical (unpaired) electrons. The van der Waals surface area contributed by atoms with Crippen LogP contribution in [0, 0.1) is 6.92 Å². The lowest BCUT2D eigenvalue weighted by Crippen LogP contribution is -2.35. The van der Waals surface area contributed by atoms with Crippen molar-refractivity contribution >= 4 is 22.4 Å². The molecule has 1 fully saturated rings. The first-order valence-corrected chi connectivity index (χ1v) is 9.34. The van der Waals surface area contributed by atoms with Gasteiger partial charge in [-0.15, -0.1) is 0 Å². The average Bonchev–Trinajstić information content (AvgIpc) is 3.28. The van der Waals surface area contributed by atoms with Gasteiger partial charge in [0, 0.05) is 17.8 Å². The fraction of sp³-hybridized carbons (Fsp3) is 0.261. The number of nitrogens with one attached hydrogen (secondary N) is 2. The molecule has 5 rings (SSSR count). The predicted molar refractivity (Wildman–Crippen MR) is 106 cm³/mol. The van der Waals surface area contributed by atoms with Gasteiger partial charge in [-0.05, 0) is 59.7 Å². The van der Waals surface area contributed by atoms with Crippen molar-refractivity contribution in [1.29, 1.82) is 0 Å². The van der Waals surface area contributed by atoms with E-state index < -0.39 is 0 Å². The SMILES string of the molecule is Cc1cc2c(cc1C(=O)NC1(c3cccc4ccccc34)CC1)NCC2. The molecule has 3 aromatic rings. The molecule has 26 heavy (non-hydrogen) atoms. The summed E-state index contributed by atoms with van der Waals surface area (Å²) in [6.45, 7) is 2.99. The van der Waals surface area contributed by atoms with E-state index in [1.165, 1.54) is 21.9 Å². The van der Waals surface area contributed by atoms with E-state index in [1.54, 1.807) is 0 Å². The monoisotopic (exact) mass is 342 g/mol. The summed E-state index contributed by atoms with van der Waals surface area (Å²) in [5.41, 5.74) is 5.27. The lowest BCUT2D eigenvalue weighted by atomic mass is 9.96. The Kier molecular flexibility index (Phi) is 3.33. The third kappa shape index (κ3) is 2.38. The van der Waals surface area contributed by atoms with Crippen molar-refractivity contribution in [3.8, 4) is 0 Å². The van der Waals surface area contributed by atoms with E-state index in [-0.39, 0.29) is 11.4 Å². The van der Waals surface area contributed by atoms with Crippen LogP contribution in [0.2, 0.25) is 0 Å². The summed E-state index contributed by atoms with van der Waals surface area (Å²) in [6, 6.07) is 19.0. The predicted octanol–water partition coefficient (Wildman–Crippen LogP) is 4.54. The van der Waals surface area contributed by atoms with Crippen LogP contribution in [-0.2, 0) is 12.0 Å². The van der Waals surface area contributed by atoms with Gasteiger partial charge in [0.15, 0.2) is 0 Å². The second-order valence-corrected chi connectivity index (χ2v) is 7.56. The molecular weight excluding hydrogens is 320 g/mol. The molecule has 1 aliphatic carbocycles. The van der Waals surface area contributed by atoms with Crippen molar-refractivity contribution in [1.82, 2.24) is 5.32 Å². The van der Waals surface area contributed by atoms with Gasteiger partial charge in [-0.1, -0.05) is 48.5 Å². The van der Waals surface area contributed by atoms with Gasteiger partial charge >= 0.3 is 0 Å². The zero-order chi connectivity index (χ0) is 17.7. The lowest BCUT2D eigenvalue weighted by Gasteiger charge is -2.21. The number of hydrogen-bond donors (Lipinski definition) is 2. The number of amides is 1. The number of hydrogen-bond acceptors (Lipinski definition) is 2. The summed E-state index contributed by atoms with van der Waals surface area (Å²) in [5.74, 6) is 0.0319. The molecule has 3 heteroatoms. The van der Waals surface area contributed by atoms with E-state index in [0.717, 1.165) is 42.6 Å². The Morgan fingerprint density at radius 2 is 1.88 bits per heavy atom. The standard InChI is InChI=1S/C23H22N2O/c1-15-13-17-9-12-24-21(17)14-19(15)22(26)25-23(10-11-23)20-8-4-6-16-5-2-3-7-18(16)20/h2-8,13-14,24H,9-12H2,1H3,(H,25,26). The van der Waals surface area contributed by atoms with Crippen LogP contribution in [0.4, 0.5) is 5.69 Å². The van der Waals surface area contributed by atoms with E-state index in [0.29, 0.717) is 0 Å². The summed E-state index contributed by atoms with van der Waals surface area (Å²) in [6.07, 6.45) is 3.03. The summed E-state index contributed by atoms with van der Waals surface area (Å²) < 4.78 is 0. The summed E-state index contributed by atoms with van der Waals surface area (Å²) in [7, 11) is 0. The maximum atomic E-state index is 13.1. The van der Waals surface area contributed by atoms with Gasteiger partial charge in [0.1, 0.15) is 0 Å². The molecule has 2 aliphatic rings. The Balaban J connectivity index is 1.50. The number of carbonyl (C=O) groups is 1. The number of carbonyl (C=O) groups excluding carboxylic acids is 1. The molecule has 3 nitrogen and oxygen atoms in total. The minimum atomic E-state index is -0.225. The zero-order valence-electron chi connectivity index (χ0n) is 14.9. The highest BCUT2D eigenvalue weighted by Gasteiger charge is 2.46. The minimum Gasteiger partial charge on any atom is -0.384 e. The molecule has 2 N–H and O–H groups in total. The van der Waals surface area contributed by atoms with Crippen molar-refractivity contribution in [2.75, 3.05) is 11.9 Å². The first-order valence-electron chi connectivity index (χ1n) is 9.34. The van der Waals surface area contributed by atoms with E-state index in [9.17, 15) is 4.79 Å². The van der Waals surface area contributed by atoms with Crippen LogP contribution in [0.25, 0.3) is 10.8 Å². The molecule has 0 spiro atoms. The lowest BCUT2D eigenvalue weighted by molar-refractivity contribution is 0.0930. The second kappa shape index (κ2) is 5.60. The maximum absolute atomic E-state index is 13.1. The molecule has 1 amide bonds. The fourth-order valence-electron chi connectivity index (χ4n) is 4.23. The molecule has 0 saturated heterocycles. The van der Waals surface area contributed by atoms with Crippen LogP contribution in [0.1, 0.15) is 39.9 Å². The minimum absolute atomic E-state index is 0.0319. The number of benzene rings is 3. The molecule has 0 unspecified atom stereocenters. The van der Waals surface area contributed by atoms with Crippen LogP contribution < -0.4 is 10.6 Å². The van der Waals surface area contributed by atoms with Crippen LogP contribution in [0.5, 0.6) is 0 Å². The molecule has 130 valence electrons. The van der Waals surface area contributed by atoms with E-state index in [1.807, 2.05) is 13.0 Å². The first-order chi connectivity index (χ1) is 12.7. The van der Waals surface area contributed by atoms with Crippen molar-refractivity contribution < 1.29 is 4.79 Å². The third-order valence-electron chi connectivity index (χ3n) is 5.81. The highest BCUT2D eigenvalue weighted by atomic mass is 16.1. The van der Waals surface area contributed by atoms with Crippen molar-refractivity contribution in [3.05, 3.63) is 76.9 Å². The van der Waals surface area contributed by atoms with Crippen molar-refractivity contribution in [3.63, 3.8) is 0 Å². The number of aryl methyl sites for hydroxylation is 1. The van der Waals surface area contributed by atoms with Crippen molar-refractivity contribution in [2.45, 2.75) is 31.7 Å². The largest absolute Gasteiger partial charge is 0.384 e. The Labute approximate surface area is 153 Å². The van der Waals surface area contributed by atoms with Gasteiger partial charge in [-0.2, -0.15) is 0 Å². The highest BCUT2D eigenvalue weighted by Crippen LogP contribution is 2.48. The number of fused-ring (bicyclic) bond motifs is 2. The summed E-state index contributed by atoms with van der Waals surface area (Å²) in [5, 5.41) is 9.20. The van der Waals surface area contributed by atoms with Crippen LogP contribution in [-0.4, -0.2) is 12.5 Å². The molecule has 3 aromatic carbocycles. The van der Waals surface area contributed by atoms with Gasteiger partial charge in [0.05, 0.1) is 5.54 Å². The average molecular weight is 342 g/mol. The summed E-state index contributed by atoms with van der Waals surface area (Å²) in [4.78, 5) is 13.1. The zero-order valence-corrected chi connectivity index (χ0v) is 14.9. The number of anilines is 1. The smallest absolute Gasteiger partial charge is 0.252 e. The summed E-state index contributed by atoms with van der Waals surface area (Å²) >= 11 is 0. The quantitative estimate of drug-likeness (QED) is 0.734. The fourth-order valence-corrected chi connectivity index (χ4v) is 4.23. The van der Waals surface area contributed by atoms with Gasteiger partial charge < -0.3 is 10.6 Å². The molecule has 0 atom stereocenters. The highest BCUT2D eigenvalue weighted by molar-refractivity contribution is 5.98. The van der Waals surface area contributed by atoms with Crippen molar-refractivity contribution in [2.24, 2.45) is 0 Å². The molecule has 1 heterocycles. The molecular formula is C23H22N2O. The van der Waals surface area contributed by atoms with E-state index >= 15 is 0 Å². The Morgan fingerprint density at radius 3 is 2.73 bits per heavy atom. The topological polar surface area (TPSA) is 41.1 Å². The van der Waals surface area contributed by atoms with Gasteiger partial charge in [-0.3, -0.25) is 4.79 Å². The first kappa shape index (κ1) is 15.4. The van der Waals surface area contributed by atoms with Gasteiger partial charge in [0.2, 0.25) is 0 Å². The van der Waals surface area contributed by atoms with Crippen LogP contribution in [0.3, 0.4) is 0 Å². The van der Waals surface area contributed by atoms with Gasteiger partial charge in [-0.25, -0.2) is 0 Å². The normalized spacial score (nSPS) is 16.8. The molecule has 1 saturated carbocycles. The third-order valence-corrected chi connectivity index (χ3v) is 5.81. The molecule has 1 aliphatic heterocycles. The van der Waals surface area contributed by atoms with Crippen LogP contribution >= 0.6 is 0 Å². The van der Waals surface area contributed by atoms with Gasteiger partial charge in [0.25, 0.3) is 5.91 Å². The Bertz CT molecular complexity index is 1030. The maximum Gasteiger partial charge on any atom is 0.252 e. The molecule has 0 bridgehead atoms.